The first kappa shape index (κ1) is 21.0. The van der Waals surface area contributed by atoms with Crippen molar-refractivity contribution in [1.82, 2.24) is 24.8 Å². The summed E-state index contributed by atoms with van der Waals surface area (Å²) in [6.45, 7) is 0.595. The molecule has 174 valence electrons. The number of nitrogens with zero attached hydrogens (tertiary/aromatic N) is 5. The number of carbonyl (C=O) groups is 3. The summed E-state index contributed by atoms with van der Waals surface area (Å²) in [5.41, 5.74) is 3.18. The van der Waals surface area contributed by atoms with Crippen LogP contribution in [0, 0.1) is 0 Å². The summed E-state index contributed by atoms with van der Waals surface area (Å²) in [7, 11) is 0. The third-order valence-electron chi connectivity index (χ3n) is 6.52. The standard InChI is InChI=1S/C26H22N6O3/c33-23(27-14-12-22-29-28-21-11-5-6-15-30(21)22)13-16-31-24-17-7-1-2-8-18(17)26(35)32(24)20-10-4-3-9-19(20)25(31)34/h1-11,15,24H,12-14,16H2,(H,27,33)/t24-/m1/s1. The molecule has 6 rings (SSSR count). The van der Waals surface area contributed by atoms with E-state index in [4.69, 9.17) is 0 Å². The van der Waals surface area contributed by atoms with Crippen molar-refractivity contribution in [3.8, 4) is 0 Å². The molecule has 1 N–H and O–H groups in total. The minimum atomic E-state index is -0.559. The molecule has 2 aliphatic heterocycles. The van der Waals surface area contributed by atoms with Crippen LogP contribution in [0.3, 0.4) is 0 Å². The fraction of sp³-hybridized carbons (Fsp3) is 0.192. The number of fused-ring (bicyclic) bond motifs is 6. The summed E-state index contributed by atoms with van der Waals surface area (Å²) >= 11 is 0. The van der Waals surface area contributed by atoms with E-state index in [1.165, 1.54) is 0 Å². The van der Waals surface area contributed by atoms with Crippen LogP contribution in [0.5, 0.6) is 0 Å². The number of nitrogens with one attached hydrogen (secondary N) is 1. The zero-order chi connectivity index (χ0) is 23.9. The molecular formula is C26H22N6O3. The Morgan fingerprint density at radius 2 is 1.66 bits per heavy atom. The van der Waals surface area contributed by atoms with Gasteiger partial charge >= 0.3 is 0 Å². The van der Waals surface area contributed by atoms with Gasteiger partial charge in [-0.1, -0.05) is 36.4 Å². The molecule has 0 fully saturated rings. The van der Waals surface area contributed by atoms with Crippen molar-refractivity contribution < 1.29 is 14.4 Å². The van der Waals surface area contributed by atoms with Gasteiger partial charge in [0.2, 0.25) is 5.91 Å². The third-order valence-corrected chi connectivity index (χ3v) is 6.52. The maximum Gasteiger partial charge on any atom is 0.260 e. The molecule has 0 spiro atoms. The Bertz CT molecular complexity index is 1480. The summed E-state index contributed by atoms with van der Waals surface area (Å²) in [5.74, 6) is 0.268. The molecule has 0 bridgehead atoms. The zero-order valence-corrected chi connectivity index (χ0v) is 18.8. The van der Waals surface area contributed by atoms with Gasteiger partial charge < -0.3 is 10.2 Å². The van der Waals surface area contributed by atoms with Crippen molar-refractivity contribution >= 4 is 29.1 Å². The largest absolute Gasteiger partial charge is 0.356 e. The Balaban J connectivity index is 1.17. The van der Waals surface area contributed by atoms with Gasteiger partial charge in [-0.25, -0.2) is 0 Å². The van der Waals surface area contributed by atoms with Crippen LogP contribution in [0.4, 0.5) is 5.69 Å². The summed E-state index contributed by atoms with van der Waals surface area (Å²) < 4.78 is 1.89. The Hall–Kier alpha value is -4.53. The van der Waals surface area contributed by atoms with E-state index in [1.807, 2.05) is 53.1 Å². The third kappa shape index (κ3) is 3.43. The lowest BCUT2D eigenvalue weighted by Crippen LogP contribution is -2.49. The van der Waals surface area contributed by atoms with Crippen LogP contribution in [0.25, 0.3) is 5.65 Å². The molecule has 9 heteroatoms. The van der Waals surface area contributed by atoms with Gasteiger partial charge in [-0.3, -0.25) is 23.7 Å². The molecule has 9 nitrogen and oxygen atoms in total. The molecule has 0 unspecified atom stereocenters. The molecule has 2 aromatic carbocycles. The molecule has 0 saturated heterocycles. The van der Waals surface area contributed by atoms with Gasteiger partial charge in [-0.2, -0.15) is 0 Å². The van der Waals surface area contributed by atoms with Crippen molar-refractivity contribution in [1.29, 1.82) is 0 Å². The smallest absolute Gasteiger partial charge is 0.260 e. The number of aromatic nitrogens is 3. The van der Waals surface area contributed by atoms with Crippen LogP contribution in [-0.4, -0.2) is 50.3 Å². The average molecular weight is 467 g/mol. The number of hydrogen-bond acceptors (Lipinski definition) is 5. The van der Waals surface area contributed by atoms with E-state index in [9.17, 15) is 14.4 Å². The fourth-order valence-electron chi connectivity index (χ4n) is 4.88. The van der Waals surface area contributed by atoms with Crippen LogP contribution in [0.15, 0.2) is 72.9 Å². The van der Waals surface area contributed by atoms with Crippen molar-refractivity contribution in [2.45, 2.75) is 19.0 Å². The van der Waals surface area contributed by atoms with Gasteiger partial charge in [0.1, 0.15) is 12.0 Å². The average Bonchev–Trinajstić information content (AvgIpc) is 3.43. The van der Waals surface area contributed by atoms with E-state index in [2.05, 4.69) is 15.5 Å². The second-order valence-corrected chi connectivity index (χ2v) is 8.55. The number of benzene rings is 2. The van der Waals surface area contributed by atoms with Gasteiger partial charge in [0, 0.05) is 43.3 Å². The normalized spacial score (nSPS) is 16.3. The van der Waals surface area contributed by atoms with E-state index >= 15 is 0 Å². The first-order valence-electron chi connectivity index (χ1n) is 11.5. The van der Waals surface area contributed by atoms with Crippen LogP contribution < -0.4 is 10.2 Å². The lowest BCUT2D eigenvalue weighted by atomic mass is 10.0. The lowest BCUT2D eigenvalue weighted by Gasteiger charge is -2.40. The minimum Gasteiger partial charge on any atom is -0.356 e. The van der Waals surface area contributed by atoms with E-state index in [1.54, 1.807) is 34.1 Å². The van der Waals surface area contributed by atoms with Crippen molar-refractivity contribution in [3.05, 3.63) is 95.4 Å². The number of pyridine rings is 1. The number of anilines is 1. The zero-order valence-electron chi connectivity index (χ0n) is 18.8. The van der Waals surface area contributed by atoms with Crippen LogP contribution in [0.1, 0.15) is 44.7 Å². The predicted octanol–water partition coefficient (Wildman–Crippen LogP) is 2.59. The molecule has 0 radical (unpaired) electrons. The van der Waals surface area contributed by atoms with Gasteiger partial charge in [-0.15, -0.1) is 10.2 Å². The van der Waals surface area contributed by atoms with Crippen LogP contribution in [-0.2, 0) is 11.2 Å². The van der Waals surface area contributed by atoms with Crippen LogP contribution in [0.2, 0.25) is 0 Å². The van der Waals surface area contributed by atoms with Gasteiger partial charge in [0.25, 0.3) is 11.8 Å². The summed E-state index contributed by atoms with van der Waals surface area (Å²) in [4.78, 5) is 42.6. The predicted molar refractivity (Wildman–Crippen MR) is 128 cm³/mol. The number of hydrogen-bond donors (Lipinski definition) is 1. The molecule has 2 aromatic heterocycles. The molecule has 2 aliphatic rings. The second kappa shape index (κ2) is 8.35. The monoisotopic (exact) mass is 466 g/mol. The summed E-state index contributed by atoms with van der Waals surface area (Å²) in [6, 6.07) is 20.1. The molecular weight excluding hydrogens is 444 g/mol. The molecule has 0 aliphatic carbocycles. The van der Waals surface area contributed by atoms with E-state index < -0.39 is 6.17 Å². The highest BCUT2D eigenvalue weighted by Crippen LogP contribution is 2.45. The number of carbonyl (C=O) groups excluding carboxylic acids is 3. The lowest BCUT2D eigenvalue weighted by molar-refractivity contribution is -0.121. The van der Waals surface area contributed by atoms with Crippen molar-refractivity contribution in [3.63, 3.8) is 0 Å². The summed E-state index contributed by atoms with van der Waals surface area (Å²) in [5, 5.41) is 11.2. The Labute approximate surface area is 201 Å². The van der Waals surface area contributed by atoms with Crippen LogP contribution >= 0.6 is 0 Å². The fourth-order valence-corrected chi connectivity index (χ4v) is 4.88. The van der Waals surface area contributed by atoms with Gasteiger partial charge in [0.15, 0.2) is 5.65 Å². The Morgan fingerprint density at radius 1 is 0.886 bits per heavy atom. The van der Waals surface area contributed by atoms with Gasteiger partial charge in [-0.05, 0) is 30.3 Å². The molecule has 3 amide bonds. The van der Waals surface area contributed by atoms with Gasteiger partial charge in [0.05, 0.1) is 11.3 Å². The van der Waals surface area contributed by atoms with E-state index in [-0.39, 0.29) is 30.7 Å². The SMILES string of the molecule is O=C(CCN1C(=O)c2ccccc2N2C(=O)c3ccccc3[C@H]12)NCCc1nnc2ccccn12. The topological polar surface area (TPSA) is 99.9 Å². The van der Waals surface area contributed by atoms with E-state index in [0.717, 1.165) is 17.0 Å². The molecule has 0 saturated carbocycles. The first-order valence-corrected chi connectivity index (χ1v) is 11.5. The maximum atomic E-state index is 13.4. The first-order chi connectivity index (χ1) is 17.1. The molecule has 1 atom stereocenters. The second-order valence-electron chi connectivity index (χ2n) is 8.55. The molecule has 4 aromatic rings. The number of para-hydroxylation sites is 1. The van der Waals surface area contributed by atoms with Crippen molar-refractivity contribution in [2.75, 3.05) is 18.0 Å². The summed E-state index contributed by atoms with van der Waals surface area (Å²) in [6.07, 6.45) is 1.98. The highest BCUT2D eigenvalue weighted by Gasteiger charge is 2.47. The van der Waals surface area contributed by atoms with Crippen molar-refractivity contribution in [2.24, 2.45) is 0 Å². The highest BCUT2D eigenvalue weighted by molar-refractivity contribution is 6.16. The Morgan fingerprint density at radius 3 is 2.54 bits per heavy atom. The Kier molecular flexibility index (Phi) is 5.02. The highest BCUT2D eigenvalue weighted by atomic mass is 16.2. The number of amides is 3. The number of rotatable bonds is 6. The maximum absolute atomic E-state index is 13.4. The minimum absolute atomic E-state index is 0.120. The van der Waals surface area contributed by atoms with E-state index in [0.29, 0.717) is 29.8 Å². The quantitative estimate of drug-likeness (QED) is 0.471. The molecule has 4 heterocycles. The molecule has 35 heavy (non-hydrogen) atoms.